The van der Waals surface area contributed by atoms with Crippen LogP contribution in [-0.4, -0.2) is 46.8 Å². The Balaban J connectivity index is 2.57. The minimum atomic E-state index is -3.69. The van der Waals surface area contributed by atoms with Gasteiger partial charge in [-0.2, -0.15) is 0 Å². The molecule has 1 rings (SSSR count). The summed E-state index contributed by atoms with van der Waals surface area (Å²) in [5, 5.41) is 4.98. The number of pyridine rings is 1. The Labute approximate surface area is 107 Å². The molecule has 18 heavy (non-hydrogen) atoms. The number of sulfonamides is 1. The number of anilines is 1. The Kier molecular flexibility index (Phi) is 5.48. The van der Waals surface area contributed by atoms with E-state index in [-0.39, 0.29) is 4.90 Å². The van der Waals surface area contributed by atoms with Crippen LogP contribution >= 0.6 is 0 Å². The third-order valence-electron chi connectivity index (χ3n) is 2.27. The second-order valence-electron chi connectivity index (χ2n) is 3.72. The molecule has 0 saturated carbocycles. The normalized spacial score (nSPS) is 11.5. The van der Waals surface area contributed by atoms with Crippen molar-refractivity contribution in [1.29, 1.82) is 0 Å². The minimum absolute atomic E-state index is 0.000897. The van der Waals surface area contributed by atoms with Crippen LogP contribution in [0.15, 0.2) is 23.2 Å². The van der Waals surface area contributed by atoms with Gasteiger partial charge in [-0.25, -0.2) is 18.5 Å². The fraction of sp³-hybridized carbons (Fsp3) is 0.500. The van der Waals surface area contributed by atoms with Crippen molar-refractivity contribution in [2.24, 2.45) is 10.9 Å². The molecule has 0 bridgehead atoms. The Morgan fingerprint density at radius 2 is 2.11 bits per heavy atom. The van der Waals surface area contributed by atoms with Crippen LogP contribution in [0.1, 0.15) is 0 Å². The first-order valence-electron chi connectivity index (χ1n) is 5.43. The van der Waals surface area contributed by atoms with Crippen LogP contribution in [0.2, 0.25) is 0 Å². The molecule has 0 spiro atoms. The first-order valence-corrected chi connectivity index (χ1v) is 6.97. The molecular weight excluding hydrogens is 256 g/mol. The predicted octanol–water partition coefficient (Wildman–Crippen LogP) is -0.859. The summed E-state index contributed by atoms with van der Waals surface area (Å²) in [6, 6.07) is 3.03. The number of nitrogens with zero attached hydrogens (tertiary/aromatic N) is 2. The molecule has 8 heteroatoms. The number of ether oxygens (including phenoxy) is 1. The van der Waals surface area contributed by atoms with Crippen LogP contribution in [0.5, 0.6) is 0 Å². The van der Waals surface area contributed by atoms with Crippen molar-refractivity contribution in [3.05, 3.63) is 18.3 Å². The quantitative estimate of drug-likeness (QED) is 0.626. The number of primary sulfonamides is 1. The van der Waals surface area contributed by atoms with E-state index in [2.05, 4.69) is 4.98 Å². The molecule has 7 nitrogen and oxygen atoms in total. The number of rotatable bonds is 7. The Hall–Kier alpha value is -1.22. The second kappa shape index (κ2) is 6.64. The van der Waals surface area contributed by atoms with Crippen LogP contribution < -0.4 is 15.8 Å². The topological polar surface area (TPSA) is 112 Å². The summed E-state index contributed by atoms with van der Waals surface area (Å²) in [7, 11) is -1.85. The van der Waals surface area contributed by atoms with Gasteiger partial charge < -0.3 is 15.4 Å². The van der Waals surface area contributed by atoms with Crippen molar-refractivity contribution in [1.82, 2.24) is 4.98 Å². The van der Waals surface area contributed by atoms with E-state index in [0.717, 1.165) is 0 Å². The molecule has 1 aromatic rings. The standard InChI is InChI=1S/C10H18N4O3S/c1-14(5-7-17-6-4-11)10-3-2-9(8-13-10)18(12,15)16/h2-3,8H,4-7,11H2,1H3,(H2,12,15,16). The van der Waals surface area contributed by atoms with E-state index in [9.17, 15) is 8.42 Å². The lowest BCUT2D eigenvalue weighted by atomic mass is 10.4. The summed E-state index contributed by atoms with van der Waals surface area (Å²) in [6.45, 7) is 2.19. The van der Waals surface area contributed by atoms with Crippen molar-refractivity contribution in [2.75, 3.05) is 38.3 Å². The Bertz CT molecular complexity index is 461. The van der Waals surface area contributed by atoms with Crippen molar-refractivity contribution in [3.63, 3.8) is 0 Å². The second-order valence-corrected chi connectivity index (χ2v) is 5.28. The molecule has 1 aromatic heterocycles. The summed E-state index contributed by atoms with van der Waals surface area (Å²) in [6.07, 6.45) is 1.24. The highest BCUT2D eigenvalue weighted by Gasteiger charge is 2.09. The number of nitrogens with two attached hydrogens (primary N) is 2. The highest BCUT2D eigenvalue weighted by molar-refractivity contribution is 7.89. The first-order chi connectivity index (χ1) is 8.45. The monoisotopic (exact) mass is 274 g/mol. The molecule has 102 valence electrons. The van der Waals surface area contributed by atoms with Gasteiger partial charge in [0.15, 0.2) is 0 Å². The third-order valence-corrected chi connectivity index (χ3v) is 3.17. The van der Waals surface area contributed by atoms with Gasteiger partial charge in [0.1, 0.15) is 10.7 Å². The smallest absolute Gasteiger partial charge is 0.239 e. The summed E-state index contributed by atoms with van der Waals surface area (Å²) >= 11 is 0. The molecule has 1 heterocycles. The molecule has 0 aliphatic rings. The van der Waals surface area contributed by atoms with E-state index in [0.29, 0.717) is 32.1 Å². The zero-order valence-corrected chi connectivity index (χ0v) is 11.1. The largest absolute Gasteiger partial charge is 0.378 e. The van der Waals surface area contributed by atoms with Crippen LogP contribution in [0.3, 0.4) is 0 Å². The molecular formula is C10H18N4O3S. The number of likely N-dealkylation sites (N-methyl/N-ethyl adjacent to an activating group) is 1. The average molecular weight is 274 g/mol. The van der Waals surface area contributed by atoms with Gasteiger partial charge in [-0.3, -0.25) is 0 Å². The zero-order chi connectivity index (χ0) is 13.6. The Morgan fingerprint density at radius 1 is 1.39 bits per heavy atom. The van der Waals surface area contributed by atoms with Gasteiger partial charge in [0.2, 0.25) is 10.0 Å². The molecule has 0 aromatic carbocycles. The van der Waals surface area contributed by atoms with Crippen molar-refractivity contribution in [2.45, 2.75) is 4.90 Å². The maximum atomic E-state index is 11.1. The van der Waals surface area contributed by atoms with E-state index in [4.69, 9.17) is 15.6 Å². The van der Waals surface area contributed by atoms with E-state index < -0.39 is 10.0 Å². The summed E-state index contributed by atoms with van der Waals surface area (Å²) in [5.41, 5.74) is 5.29. The van der Waals surface area contributed by atoms with Gasteiger partial charge in [-0.05, 0) is 12.1 Å². The van der Waals surface area contributed by atoms with Crippen molar-refractivity contribution < 1.29 is 13.2 Å². The maximum Gasteiger partial charge on any atom is 0.239 e. The first kappa shape index (κ1) is 14.8. The molecule has 0 saturated heterocycles. The van der Waals surface area contributed by atoms with E-state index in [1.54, 1.807) is 6.07 Å². The molecule has 0 amide bonds. The number of hydrogen-bond acceptors (Lipinski definition) is 6. The molecule has 0 fully saturated rings. The summed E-state index contributed by atoms with van der Waals surface area (Å²) < 4.78 is 27.3. The van der Waals surface area contributed by atoms with Gasteiger partial charge >= 0.3 is 0 Å². The third kappa shape index (κ3) is 4.57. The van der Waals surface area contributed by atoms with E-state index in [1.165, 1.54) is 12.3 Å². The van der Waals surface area contributed by atoms with Crippen LogP contribution in [0, 0.1) is 0 Å². The maximum absolute atomic E-state index is 11.1. The Morgan fingerprint density at radius 3 is 2.61 bits per heavy atom. The summed E-state index contributed by atoms with van der Waals surface area (Å²) in [4.78, 5) is 5.88. The zero-order valence-electron chi connectivity index (χ0n) is 10.2. The van der Waals surface area contributed by atoms with Gasteiger partial charge in [-0.15, -0.1) is 0 Å². The molecule has 0 aliphatic heterocycles. The van der Waals surface area contributed by atoms with Gasteiger partial charge in [0.25, 0.3) is 0 Å². The van der Waals surface area contributed by atoms with E-state index in [1.807, 2.05) is 11.9 Å². The summed E-state index contributed by atoms with van der Waals surface area (Å²) in [5.74, 6) is 0.652. The van der Waals surface area contributed by atoms with Crippen LogP contribution in [0.25, 0.3) is 0 Å². The highest BCUT2D eigenvalue weighted by Crippen LogP contribution is 2.11. The number of aromatic nitrogens is 1. The van der Waals surface area contributed by atoms with Crippen LogP contribution in [-0.2, 0) is 14.8 Å². The van der Waals surface area contributed by atoms with Gasteiger partial charge in [0, 0.05) is 26.3 Å². The fourth-order valence-electron chi connectivity index (χ4n) is 1.27. The molecule has 4 N–H and O–H groups in total. The highest BCUT2D eigenvalue weighted by atomic mass is 32.2. The average Bonchev–Trinajstić information content (AvgIpc) is 2.33. The molecule has 0 unspecified atom stereocenters. The fourth-order valence-corrected chi connectivity index (χ4v) is 1.73. The van der Waals surface area contributed by atoms with Gasteiger partial charge in [0.05, 0.1) is 13.2 Å². The van der Waals surface area contributed by atoms with E-state index >= 15 is 0 Å². The van der Waals surface area contributed by atoms with Crippen LogP contribution in [0.4, 0.5) is 5.82 Å². The SMILES string of the molecule is CN(CCOCCN)c1ccc(S(N)(=O)=O)cn1. The van der Waals surface area contributed by atoms with Gasteiger partial charge in [-0.1, -0.05) is 0 Å². The predicted molar refractivity (Wildman–Crippen MR) is 68.8 cm³/mol. The molecule has 0 aliphatic carbocycles. The lowest BCUT2D eigenvalue weighted by molar-refractivity contribution is 0.148. The lowest BCUT2D eigenvalue weighted by Crippen LogP contribution is -2.24. The van der Waals surface area contributed by atoms with Crippen molar-refractivity contribution in [3.8, 4) is 0 Å². The minimum Gasteiger partial charge on any atom is -0.378 e. The lowest BCUT2D eigenvalue weighted by Gasteiger charge is -2.18. The molecule has 0 radical (unpaired) electrons. The van der Waals surface area contributed by atoms with Crippen molar-refractivity contribution >= 4 is 15.8 Å². The number of hydrogen-bond donors (Lipinski definition) is 2. The molecule has 0 atom stereocenters.